The predicted molar refractivity (Wildman–Crippen MR) is 68.7 cm³/mol. The van der Waals surface area contributed by atoms with Crippen LogP contribution in [0.5, 0.6) is 0 Å². The van der Waals surface area contributed by atoms with Gasteiger partial charge in [0.15, 0.2) is 0 Å². The lowest BCUT2D eigenvalue weighted by atomic mass is 10.0. The molecule has 0 spiro atoms. The standard InChI is InChI=1S/C12H22N2OS/c1-2-14(11-3-6-13-7-4-11)12(15)10-5-8-16-9-10/h10-11,13H,2-9H2,1H3. The van der Waals surface area contributed by atoms with Crippen molar-refractivity contribution in [3.8, 4) is 0 Å². The first-order valence-corrected chi connectivity index (χ1v) is 7.57. The zero-order valence-electron chi connectivity index (χ0n) is 10.1. The molecule has 16 heavy (non-hydrogen) atoms. The van der Waals surface area contributed by atoms with Gasteiger partial charge in [-0.15, -0.1) is 0 Å². The zero-order chi connectivity index (χ0) is 11.4. The van der Waals surface area contributed by atoms with Gasteiger partial charge in [-0.25, -0.2) is 0 Å². The van der Waals surface area contributed by atoms with Crippen molar-refractivity contribution in [3.05, 3.63) is 0 Å². The van der Waals surface area contributed by atoms with Crippen LogP contribution < -0.4 is 5.32 Å². The van der Waals surface area contributed by atoms with Gasteiger partial charge in [0.2, 0.25) is 5.91 Å². The van der Waals surface area contributed by atoms with Crippen molar-refractivity contribution in [2.75, 3.05) is 31.1 Å². The first-order chi connectivity index (χ1) is 7.83. The van der Waals surface area contributed by atoms with Crippen molar-refractivity contribution in [2.24, 2.45) is 5.92 Å². The zero-order valence-corrected chi connectivity index (χ0v) is 10.9. The Morgan fingerprint density at radius 3 is 2.69 bits per heavy atom. The molecule has 2 heterocycles. The largest absolute Gasteiger partial charge is 0.340 e. The molecule has 0 aliphatic carbocycles. The van der Waals surface area contributed by atoms with E-state index in [2.05, 4.69) is 17.1 Å². The first kappa shape index (κ1) is 12.2. The first-order valence-electron chi connectivity index (χ1n) is 6.42. The summed E-state index contributed by atoms with van der Waals surface area (Å²) in [6, 6.07) is 0.490. The lowest BCUT2D eigenvalue weighted by molar-refractivity contribution is -0.137. The van der Waals surface area contributed by atoms with Gasteiger partial charge in [-0.05, 0) is 45.0 Å². The average molecular weight is 242 g/mol. The summed E-state index contributed by atoms with van der Waals surface area (Å²) in [7, 11) is 0. The maximum Gasteiger partial charge on any atom is 0.226 e. The number of rotatable bonds is 3. The molecule has 92 valence electrons. The molecule has 0 saturated carbocycles. The van der Waals surface area contributed by atoms with E-state index in [1.807, 2.05) is 11.8 Å². The van der Waals surface area contributed by atoms with E-state index < -0.39 is 0 Å². The molecule has 4 heteroatoms. The van der Waals surface area contributed by atoms with E-state index in [9.17, 15) is 4.79 Å². The highest BCUT2D eigenvalue weighted by atomic mass is 32.2. The fraction of sp³-hybridized carbons (Fsp3) is 0.917. The van der Waals surface area contributed by atoms with E-state index in [0.29, 0.717) is 17.9 Å². The van der Waals surface area contributed by atoms with Gasteiger partial charge in [0.1, 0.15) is 0 Å². The Hall–Kier alpha value is -0.220. The third kappa shape index (κ3) is 2.72. The van der Waals surface area contributed by atoms with Crippen molar-refractivity contribution in [2.45, 2.75) is 32.2 Å². The van der Waals surface area contributed by atoms with Gasteiger partial charge in [0, 0.05) is 24.3 Å². The number of thioether (sulfide) groups is 1. The minimum absolute atomic E-state index is 0.305. The monoisotopic (exact) mass is 242 g/mol. The van der Waals surface area contributed by atoms with Crippen molar-refractivity contribution in [1.29, 1.82) is 0 Å². The summed E-state index contributed by atoms with van der Waals surface area (Å²) >= 11 is 1.93. The van der Waals surface area contributed by atoms with Crippen LogP contribution in [-0.4, -0.2) is 48.0 Å². The predicted octanol–water partition coefficient (Wildman–Crippen LogP) is 1.34. The summed E-state index contributed by atoms with van der Waals surface area (Å²) in [5.41, 5.74) is 0. The average Bonchev–Trinajstić information content (AvgIpc) is 2.85. The Bertz CT molecular complexity index is 235. The number of hydrogen-bond donors (Lipinski definition) is 1. The molecule has 0 bridgehead atoms. The van der Waals surface area contributed by atoms with E-state index in [0.717, 1.165) is 44.6 Å². The summed E-state index contributed by atoms with van der Waals surface area (Å²) in [6.07, 6.45) is 3.34. The van der Waals surface area contributed by atoms with Crippen LogP contribution in [0, 0.1) is 5.92 Å². The number of hydrogen-bond acceptors (Lipinski definition) is 3. The van der Waals surface area contributed by atoms with Crippen LogP contribution in [0.15, 0.2) is 0 Å². The highest BCUT2D eigenvalue weighted by molar-refractivity contribution is 7.99. The van der Waals surface area contributed by atoms with Gasteiger partial charge >= 0.3 is 0 Å². The van der Waals surface area contributed by atoms with Gasteiger partial charge in [0.25, 0.3) is 0 Å². The normalized spacial score (nSPS) is 26.9. The summed E-state index contributed by atoms with van der Waals surface area (Å²) in [6.45, 7) is 5.12. The molecule has 0 aromatic carbocycles. The van der Waals surface area contributed by atoms with Crippen molar-refractivity contribution in [3.63, 3.8) is 0 Å². The van der Waals surface area contributed by atoms with Crippen LogP contribution >= 0.6 is 11.8 Å². The van der Waals surface area contributed by atoms with Gasteiger partial charge in [-0.1, -0.05) is 0 Å². The van der Waals surface area contributed by atoms with E-state index in [4.69, 9.17) is 0 Å². The minimum Gasteiger partial charge on any atom is -0.340 e. The second-order valence-corrected chi connectivity index (χ2v) is 5.82. The van der Waals surface area contributed by atoms with Crippen LogP contribution in [0.4, 0.5) is 0 Å². The lowest BCUT2D eigenvalue weighted by Gasteiger charge is -2.35. The van der Waals surface area contributed by atoms with Crippen LogP contribution in [0.3, 0.4) is 0 Å². The van der Waals surface area contributed by atoms with Crippen molar-refractivity contribution >= 4 is 17.7 Å². The number of carbonyl (C=O) groups is 1. The highest BCUT2D eigenvalue weighted by Crippen LogP contribution is 2.26. The molecule has 1 amide bonds. The number of carbonyl (C=O) groups excluding carboxylic acids is 1. The molecule has 0 radical (unpaired) electrons. The third-order valence-electron chi connectivity index (χ3n) is 3.65. The molecular formula is C12H22N2OS. The molecule has 2 rings (SSSR count). The van der Waals surface area contributed by atoms with Crippen molar-refractivity contribution < 1.29 is 4.79 Å². The maximum atomic E-state index is 12.4. The fourth-order valence-electron chi connectivity index (χ4n) is 2.68. The Labute approximate surface area is 102 Å². The third-order valence-corrected chi connectivity index (χ3v) is 4.81. The van der Waals surface area contributed by atoms with E-state index >= 15 is 0 Å². The second kappa shape index (κ2) is 5.92. The smallest absolute Gasteiger partial charge is 0.226 e. The molecule has 0 aromatic heterocycles. The van der Waals surface area contributed by atoms with Crippen LogP contribution in [0.1, 0.15) is 26.2 Å². The summed E-state index contributed by atoms with van der Waals surface area (Å²) in [4.78, 5) is 14.5. The Morgan fingerprint density at radius 1 is 1.38 bits per heavy atom. The molecule has 2 fully saturated rings. The Morgan fingerprint density at radius 2 is 2.12 bits per heavy atom. The number of nitrogens with one attached hydrogen (secondary N) is 1. The van der Waals surface area contributed by atoms with E-state index in [1.165, 1.54) is 5.75 Å². The molecule has 3 nitrogen and oxygen atoms in total. The second-order valence-electron chi connectivity index (χ2n) is 4.67. The number of amides is 1. The molecule has 2 aliphatic rings. The molecule has 1 atom stereocenters. The fourth-order valence-corrected chi connectivity index (χ4v) is 3.89. The van der Waals surface area contributed by atoms with Gasteiger partial charge in [0.05, 0.1) is 0 Å². The minimum atomic E-state index is 0.305. The molecule has 1 N–H and O–H groups in total. The van der Waals surface area contributed by atoms with E-state index in [-0.39, 0.29) is 0 Å². The van der Waals surface area contributed by atoms with Crippen LogP contribution in [0.25, 0.3) is 0 Å². The summed E-state index contributed by atoms with van der Waals surface area (Å²) in [5.74, 6) is 2.93. The molecular weight excluding hydrogens is 220 g/mol. The Kier molecular flexibility index (Phi) is 4.53. The van der Waals surface area contributed by atoms with Crippen LogP contribution in [-0.2, 0) is 4.79 Å². The summed E-state index contributed by atoms with van der Waals surface area (Å²) < 4.78 is 0. The summed E-state index contributed by atoms with van der Waals surface area (Å²) in [5, 5.41) is 3.36. The van der Waals surface area contributed by atoms with Crippen molar-refractivity contribution in [1.82, 2.24) is 10.2 Å². The maximum absolute atomic E-state index is 12.4. The number of nitrogens with zero attached hydrogens (tertiary/aromatic N) is 1. The highest BCUT2D eigenvalue weighted by Gasteiger charge is 2.31. The lowest BCUT2D eigenvalue weighted by Crippen LogP contribution is -2.48. The Balaban J connectivity index is 1.94. The van der Waals surface area contributed by atoms with E-state index in [1.54, 1.807) is 0 Å². The number of piperidine rings is 1. The van der Waals surface area contributed by atoms with Crippen LogP contribution in [0.2, 0.25) is 0 Å². The van der Waals surface area contributed by atoms with Gasteiger partial charge in [-0.2, -0.15) is 11.8 Å². The molecule has 0 aromatic rings. The quantitative estimate of drug-likeness (QED) is 0.810. The molecule has 2 saturated heterocycles. The SMILES string of the molecule is CCN(C(=O)C1CCSC1)C1CCNCC1. The molecule has 1 unspecified atom stereocenters. The molecule has 2 aliphatic heterocycles. The van der Waals surface area contributed by atoms with Gasteiger partial charge in [-0.3, -0.25) is 4.79 Å². The topological polar surface area (TPSA) is 32.3 Å². The van der Waals surface area contributed by atoms with Gasteiger partial charge < -0.3 is 10.2 Å².